The van der Waals surface area contributed by atoms with Crippen LogP contribution in [0, 0.1) is 0 Å². The van der Waals surface area contributed by atoms with Crippen LogP contribution in [0.5, 0.6) is 0 Å². The number of Topliss-reactive ketones (excluding diaryl/α,β-unsaturated/α-hetero) is 1. The van der Waals surface area contributed by atoms with Gasteiger partial charge in [-0.1, -0.05) is 32.6 Å². The second-order valence-corrected chi connectivity index (χ2v) is 4.28. The number of unbranched alkanes of at least 4 members (excludes halogenated alkanes) is 2. The van der Waals surface area contributed by atoms with Crippen LogP contribution in [0.25, 0.3) is 0 Å². The van der Waals surface area contributed by atoms with E-state index >= 15 is 0 Å². The molecule has 0 aromatic rings. The Balaban J connectivity index is 2.20. The smallest absolute Gasteiger partial charge is 0.149 e. The molecule has 1 atom stereocenters. The average molecular weight is 197 g/mol. The summed E-state index contributed by atoms with van der Waals surface area (Å²) in [4.78, 5) is 11.8. The Bertz CT molecular complexity index is 160. The zero-order valence-corrected chi connectivity index (χ0v) is 9.35. The lowest BCUT2D eigenvalue weighted by molar-refractivity contribution is -0.121. The summed E-state index contributed by atoms with van der Waals surface area (Å²) in [6, 6.07) is 0.175. The first kappa shape index (κ1) is 11.7. The van der Waals surface area contributed by atoms with Crippen LogP contribution < -0.4 is 5.32 Å². The van der Waals surface area contributed by atoms with Gasteiger partial charge in [0.25, 0.3) is 0 Å². The van der Waals surface area contributed by atoms with Crippen LogP contribution >= 0.6 is 0 Å². The first-order valence-electron chi connectivity index (χ1n) is 6.10. The van der Waals surface area contributed by atoms with E-state index in [0.717, 1.165) is 25.8 Å². The van der Waals surface area contributed by atoms with Crippen LogP contribution in [0.1, 0.15) is 58.3 Å². The number of nitrogens with one attached hydrogen (secondary N) is 1. The monoisotopic (exact) mass is 197 g/mol. The van der Waals surface area contributed by atoms with Crippen LogP contribution in [0.15, 0.2) is 0 Å². The van der Waals surface area contributed by atoms with E-state index in [1.807, 2.05) is 0 Å². The van der Waals surface area contributed by atoms with E-state index in [2.05, 4.69) is 12.2 Å². The number of hydrogen-bond acceptors (Lipinski definition) is 2. The number of ketones is 1. The van der Waals surface area contributed by atoms with Crippen molar-refractivity contribution in [2.75, 3.05) is 6.54 Å². The molecule has 1 aliphatic heterocycles. The molecule has 14 heavy (non-hydrogen) atoms. The lowest BCUT2D eigenvalue weighted by atomic mass is 10.0. The van der Waals surface area contributed by atoms with Crippen LogP contribution in [0.4, 0.5) is 0 Å². The standard InChI is InChI=1S/C12H23NO/c1-2-3-5-9-12(14)11-8-6-4-7-10-13-11/h11,13H,2-10H2,1H3. The summed E-state index contributed by atoms with van der Waals surface area (Å²) >= 11 is 0. The SMILES string of the molecule is CCCCCC(=O)C1CCCCCN1. The van der Waals surface area contributed by atoms with E-state index in [0.29, 0.717) is 5.78 Å². The highest BCUT2D eigenvalue weighted by Crippen LogP contribution is 2.11. The van der Waals surface area contributed by atoms with E-state index in [1.165, 1.54) is 32.1 Å². The van der Waals surface area contributed by atoms with E-state index in [-0.39, 0.29) is 6.04 Å². The summed E-state index contributed by atoms with van der Waals surface area (Å²) in [5, 5.41) is 3.36. The molecule has 1 heterocycles. The molecular formula is C12H23NO. The lowest BCUT2D eigenvalue weighted by Crippen LogP contribution is -2.35. The predicted octanol–water partition coefficient (Wildman–Crippen LogP) is 2.67. The molecule has 2 heteroatoms. The second-order valence-electron chi connectivity index (χ2n) is 4.28. The zero-order valence-electron chi connectivity index (χ0n) is 9.35. The van der Waals surface area contributed by atoms with Gasteiger partial charge in [-0.15, -0.1) is 0 Å². The normalized spacial score (nSPS) is 23.1. The second kappa shape index (κ2) is 6.99. The fourth-order valence-electron chi connectivity index (χ4n) is 2.03. The molecule has 1 fully saturated rings. The molecule has 1 unspecified atom stereocenters. The average Bonchev–Trinajstić information content (AvgIpc) is 2.46. The summed E-state index contributed by atoms with van der Waals surface area (Å²) in [6.07, 6.45) is 9.05. The summed E-state index contributed by atoms with van der Waals surface area (Å²) < 4.78 is 0. The molecule has 2 nitrogen and oxygen atoms in total. The molecule has 0 saturated carbocycles. The molecule has 0 amide bonds. The Morgan fingerprint density at radius 3 is 2.93 bits per heavy atom. The Kier molecular flexibility index (Phi) is 5.85. The molecule has 0 aromatic carbocycles. The molecule has 0 aromatic heterocycles. The maximum absolute atomic E-state index is 11.8. The maximum Gasteiger partial charge on any atom is 0.149 e. The molecule has 0 spiro atoms. The van der Waals surface area contributed by atoms with Crippen LogP contribution in [-0.2, 0) is 4.79 Å². The van der Waals surface area contributed by atoms with Crippen molar-refractivity contribution in [2.24, 2.45) is 0 Å². The quantitative estimate of drug-likeness (QED) is 0.686. The number of carbonyl (C=O) groups excluding carboxylic acids is 1. The van der Waals surface area contributed by atoms with E-state index in [1.54, 1.807) is 0 Å². The third-order valence-corrected chi connectivity index (χ3v) is 2.98. The molecular weight excluding hydrogens is 174 g/mol. The molecule has 1 saturated heterocycles. The third-order valence-electron chi connectivity index (χ3n) is 2.98. The minimum Gasteiger partial charge on any atom is -0.307 e. The summed E-state index contributed by atoms with van der Waals surface area (Å²) in [5.74, 6) is 0.445. The Morgan fingerprint density at radius 2 is 2.14 bits per heavy atom. The van der Waals surface area contributed by atoms with Crippen molar-refractivity contribution >= 4 is 5.78 Å². The van der Waals surface area contributed by atoms with Gasteiger partial charge < -0.3 is 5.32 Å². The fraction of sp³-hybridized carbons (Fsp3) is 0.917. The minimum atomic E-state index is 0.175. The lowest BCUT2D eigenvalue weighted by Gasteiger charge is -2.13. The minimum absolute atomic E-state index is 0.175. The Labute approximate surface area is 87.5 Å². The van der Waals surface area contributed by atoms with Gasteiger partial charge in [0.15, 0.2) is 0 Å². The molecule has 0 aliphatic carbocycles. The largest absolute Gasteiger partial charge is 0.307 e. The van der Waals surface area contributed by atoms with E-state index in [4.69, 9.17) is 0 Å². The van der Waals surface area contributed by atoms with Gasteiger partial charge in [-0.05, 0) is 25.8 Å². The summed E-state index contributed by atoms with van der Waals surface area (Å²) in [6.45, 7) is 3.21. The molecule has 82 valence electrons. The van der Waals surface area contributed by atoms with E-state index in [9.17, 15) is 4.79 Å². The first-order chi connectivity index (χ1) is 6.84. The molecule has 0 bridgehead atoms. The number of rotatable bonds is 5. The van der Waals surface area contributed by atoms with Crippen LogP contribution in [0.2, 0.25) is 0 Å². The first-order valence-corrected chi connectivity index (χ1v) is 6.10. The summed E-state index contributed by atoms with van der Waals surface area (Å²) in [7, 11) is 0. The fourth-order valence-corrected chi connectivity index (χ4v) is 2.03. The molecule has 1 aliphatic rings. The van der Waals surface area contributed by atoms with Crippen molar-refractivity contribution in [1.29, 1.82) is 0 Å². The number of hydrogen-bond donors (Lipinski definition) is 1. The Morgan fingerprint density at radius 1 is 1.29 bits per heavy atom. The molecule has 0 radical (unpaired) electrons. The van der Waals surface area contributed by atoms with Crippen molar-refractivity contribution in [1.82, 2.24) is 5.32 Å². The van der Waals surface area contributed by atoms with Crippen molar-refractivity contribution in [2.45, 2.75) is 64.3 Å². The predicted molar refractivity (Wildman–Crippen MR) is 59.4 cm³/mol. The van der Waals surface area contributed by atoms with Crippen molar-refractivity contribution < 1.29 is 4.79 Å². The van der Waals surface area contributed by atoms with Crippen molar-refractivity contribution in [3.8, 4) is 0 Å². The van der Waals surface area contributed by atoms with Crippen molar-refractivity contribution in [3.05, 3.63) is 0 Å². The molecule has 1 N–H and O–H groups in total. The van der Waals surface area contributed by atoms with Crippen LogP contribution in [0.3, 0.4) is 0 Å². The van der Waals surface area contributed by atoms with E-state index < -0.39 is 0 Å². The van der Waals surface area contributed by atoms with Gasteiger partial charge in [-0.2, -0.15) is 0 Å². The number of carbonyl (C=O) groups is 1. The van der Waals surface area contributed by atoms with Gasteiger partial charge >= 0.3 is 0 Å². The van der Waals surface area contributed by atoms with Crippen molar-refractivity contribution in [3.63, 3.8) is 0 Å². The zero-order chi connectivity index (χ0) is 10.2. The van der Waals surface area contributed by atoms with Gasteiger partial charge in [0.1, 0.15) is 5.78 Å². The van der Waals surface area contributed by atoms with Gasteiger partial charge in [-0.25, -0.2) is 0 Å². The molecule has 1 rings (SSSR count). The highest BCUT2D eigenvalue weighted by molar-refractivity contribution is 5.83. The third kappa shape index (κ3) is 4.23. The van der Waals surface area contributed by atoms with Gasteiger partial charge in [0.2, 0.25) is 0 Å². The van der Waals surface area contributed by atoms with Gasteiger partial charge in [0.05, 0.1) is 6.04 Å². The Hall–Kier alpha value is -0.370. The summed E-state index contributed by atoms with van der Waals surface area (Å²) in [5.41, 5.74) is 0. The van der Waals surface area contributed by atoms with Gasteiger partial charge in [0, 0.05) is 6.42 Å². The maximum atomic E-state index is 11.8. The highest BCUT2D eigenvalue weighted by atomic mass is 16.1. The van der Waals surface area contributed by atoms with Gasteiger partial charge in [-0.3, -0.25) is 4.79 Å². The van der Waals surface area contributed by atoms with Crippen LogP contribution in [-0.4, -0.2) is 18.4 Å². The topological polar surface area (TPSA) is 29.1 Å². The highest BCUT2D eigenvalue weighted by Gasteiger charge is 2.18.